The van der Waals surface area contributed by atoms with E-state index in [0.29, 0.717) is 5.82 Å². The molecule has 1 aromatic heterocycles. The fourth-order valence-electron chi connectivity index (χ4n) is 2.29. The van der Waals surface area contributed by atoms with Crippen molar-refractivity contribution in [3.05, 3.63) is 0 Å². The summed E-state index contributed by atoms with van der Waals surface area (Å²) in [5.41, 5.74) is 5.78. The normalized spacial score (nSPS) is 16.8. The molecule has 2 rings (SSSR count). The lowest BCUT2D eigenvalue weighted by atomic mass is 10.0. The van der Waals surface area contributed by atoms with Crippen LogP contribution in [0.5, 0.6) is 0 Å². The molecule has 0 unspecified atom stereocenters. The van der Waals surface area contributed by atoms with Gasteiger partial charge >= 0.3 is 0 Å². The Balaban J connectivity index is 1.79. The van der Waals surface area contributed by atoms with Crippen LogP contribution in [0.4, 0.5) is 10.8 Å². The van der Waals surface area contributed by atoms with Gasteiger partial charge in [-0.25, -0.2) is 0 Å². The molecule has 1 heterocycles. The summed E-state index contributed by atoms with van der Waals surface area (Å²) in [6, 6.07) is 0. The van der Waals surface area contributed by atoms with Crippen molar-refractivity contribution in [3.63, 3.8) is 0 Å². The van der Waals surface area contributed by atoms with Crippen LogP contribution in [-0.4, -0.2) is 17.2 Å². The van der Waals surface area contributed by atoms with Crippen molar-refractivity contribution in [2.75, 3.05) is 23.9 Å². The van der Waals surface area contributed by atoms with Gasteiger partial charge in [0.2, 0.25) is 0 Å². The zero-order valence-corrected chi connectivity index (χ0v) is 11.3. The van der Waals surface area contributed by atoms with E-state index in [-0.39, 0.29) is 0 Å². The Bertz CT molecular complexity index is 332. The summed E-state index contributed by atoms with van der Waals surface area (Å²) in [5, 5.41) is 4.61. The second-order valence-electron chi connectivity index (χ2n) is 4.30. The lowest BCUT2D eigenvalue weighted by Gasteiger charge is -2.10. The summed E-state index contributed by atoms with van der Waals surface area (Å²) in [4.78, 5) is 1.11. The number of anilines is 2. The van der Waals surface area contributed by atoms with Gasteiger partial charge in [0.1, 0.15) is 5.00 Å². The summed E-state index contributed by atoms with van der Waals surface area (Å²) in [6.07, 6.45) is 9.01. The average molecular weight is 257 g/mol. The van der Waals surface area contributed by atoms with E-state index >= 15 is 0 Å². The van der Waals surface area contributed by atoms with E-state index in [4.69, 9.17) is 5.73 Å². The summed E-state index contributed by atoms with van der Waals surface area (Å²) < 4.78 is 4.17. The van der Waals surface area contributed by atoms with Gasteiger partial charge in [-0.3, -0.25) is 0 Å². The van der Waals surface area contributed by atoms with Crippen LogP contribution < -0.4 is 11.1 Å². The molecule has 0 amide bonds. The van der Waals surface area contributed by atoms with Crippen LogP contribution in [0.3, 0.4) is 0 Å². The molecule has 5 heteroatoms. The third-order valence-corrected chi connectivity index (χ3v) is 4.96. The minimum Gasteiger partial charge on any atom is -0.382 e. The number of nitrogens with zero attached hydrogens (tertiary/aromatic N) is 1. The monoisotopic (exact) mass is 257 g/mol. The summed E-state index contributed by atoms with van der Waals surface area (Å²) >= 11 is 3.15. The van der Waals surface area contributed by atoms with Crippen LogP contribution in [0, 0.1) is 5.92 Å². The fourth-order valence-corrected chi connectivity index (χ4v) is 3.86. The van der Waals surface area contributed by atoms with E-state index in [0.717, 1.165) is 22.4 Å². The molecule has 1 fully saturated rings. The summed E-state index contributed by atoms with van der Waals surface area (Å²) in [6.45, 7) is 1.06. The largest absolute Gasteiger partial charge is 0.382 e. The number of nitrogens with two attached hydrogens (primary N) is 1. The Morgan fingerprint density at radius 1 is 1.50 bits per heavy atom. The van der Waals surface area contributed by atoms with E-state index in [1.807, 2.05) is 6.26 Å². The molecule has 1 aliphatic rings. The molecule has 1 saturated carbocycles. The summed E-state index contributed by atoms with van der Waals surface area (Å²) in [5.74, 6) is 1.61. The smallest absolute Gasteiger partial charge is 0.153 e. The van der Waals surface area contributed by atoms with E-state index in [9.17, 15) is 0 Å². The molecule has 0 bridgehead atoms. The van der Waals surface area contributed by atoms with Crippen molar-refractivity contribution in [1.29, 1.82) is 0 Å². The second kappa shape index (κ2) is 5.77. The van der Waals surface area contributed by atoms with Crippen LogP contribution >= 0.6 is 23.3 Å². The van der Waals surface area contributed by atoms with Crippen molar-refractivity contribution in [2.45, 2.75) is 37.0 Å². The maximum Gasteiger partial charge on any atom is 0.153 e. The number of rotatable bonds is 5. The Hall–Kier alpha value is -0.420. The molecular weight excluding hydrogens is 238 g/mol. The molecule has 16 heavy (non-hydrogen) atoms. The molecule has 0 spiro atoms. The topological polar surface area (TPSA) is 50.9 Å². The maximum absolute atomic E-state index is 5.78. The first-order valence-electron chi connectivity index (χ1n) is 5.84. The van der Waals surface area contributed by atoms with Gasteiger partial charge in [-0.05, 0) is 30.1 Å². The third kappa shape index (κ3) is 2.83. The van der Waals surface area contributed by atoms with Gasteiger partial charge < -0.3 is 11.1 Å². The van der Waals surface area contributed by atoms with Crippen LogP contribution in [0.15, 0.2) is 4.90 Å². The molecule has 1 aromatic rings. The summed E-state index contributed by atoms with van der Waals surface area (Å²) in [7, 11) is 0. The molecule has 90 valence electrons. The number of hydrogen-bond acceptors (Lipinski definition) is 5. The molecule has 0 radical (unpaired) electrons. The zero-order valence-electron chi connectivity index (χ0n) is 9.66. The van der Waals surface area contributed by atoms with E-state index in [2.05, 4.69) is 9.69 Å². The van der Waals surface area contributed by atoms with Gasteiger partial charge in [-0.1, -0.05) is 25.7 Å². The van der Waals surface area contributed by atoms with Gasteiger partial charge in [0, 0.05) is 6.54 Å². The number of nitrogens with one attached hydrogen (secondary N) is 1. The van der Waals surface area contributed by atoms with Crippen LogP contribution in [0.25, 0.3) is 0 Å². The average Bonchev–Trinajstić information content (AvgIpc) is 2.89. The highest BCUT2D eigenvalue weighted by atomic mass is 32.2. The molecule has 1 aliphatic carbocycles. The minimum atomic E-state index is 0.667. The van der Waals surface area contributed by atoms with Gasteiger partial charge in [-0.2, -0.15) is 4.37 Å². The van der Waals surface area contributed by atoms with Crippen molar-refractivity contribution in [3.8, 4) is 0 Å². The zero-order chi connectivity index (χ0) is 11.4. The molecular formula is C11H19N3S2. The Labute approximate surface area is 105 Å². The Morgan fingerprint density at radius 2 is 2.25 bits per heavy atom. The van der Waals surface area contributed by atoms with Gasteiger partial charge in [-0.15, -0.1) is 11.8 Å². The fraction of sp³-hybridized carbons (Fsp3) is 0.727. The number of aromatic nitrogens is 1. The lowest BCUT2D eigenvalue weighted by Crippen LogP contribution is -2.06. The van der Waals surface area contributed by atoms with Gasteiger partial charge in [0.25, 0.3) is 0 Å². The highest BCUT2D eigenvalue weighted by Gasteiger charge is 2.15. The molecule has 0 aliphatic heterocycles. The van der Waals surface area contributed by atoms with Crippen molar-refractivity contribution < 1.29 is 0 Å². The Kier molecular flexibility index (Phi) is 4.35. The second-order valence-corrected chi connectivity index (χ2v) is 5.89. The first-order valence-corrected chi connectivity index (χ1v) is 7.84. The highest BCUT2D eigenvalue weighted by molar-refractivity contribution is 7.99. The van der Waals surface area contributed by atoms with Gasteiger partial charge in [0.05, 0.1) is 4.90 Å². The first-order chi connectivity index (χ1) is 7.81. The van der Waals surface area contributed by atoms with Crippen LogP contribution in [0.2, 0.25) is 0 Å². The van der Waals surface area contributed by atoms with Crippen LogP contribution in [0.1, 0.15) is 32.1 Å². The van der Waals surface area contributed by atoms with Crippen molar-refractivity contribution in [2.24, 2.45) is 5.92 Å². The lowest BCUT2D eigenvalue weighted by molar-refractivity contribution is 0.519. The molecule has 3 N–H and O–H groups in total. The highest BCUT2D eigenvalue weighted by Crippen LogP contribution is 2.35. The quantitative estimate of drug-likeness (QED) is 0.793. The molecule has 0 aromatic carbocycles. The van der Waals surface area contributed by atoms with Crippen LogP contribution in [-0.2, 0) is 0 Å². The molecule has 0 atom stereocenters. The SMILES string of the molecule is CSc1c(N)nsc1NCCC1CCCC1. The van der Waals surface area contributed by atoms with Crippen molar-refractivity contribution >= 4 is 34.1 Å². The number of nitrogen functional groups attached to an aromatic ring is 1. The standard InChI is InChI=1S/C11H19N3S2/c1-15-9-10(12)14-16-11(9)13-7-6-8-4-2-3-5-8/h8,13H,2-7H2,1H3,(H2,12,14). The van der Waals surface area contributed by atoms with Gasteiger partial charge in [0.15, 0.2) is 5.82 Å². The first kappa shape index (κ1) is 12.0. The molecule has 0 saturated heterocycles. The number of thioether (sulfide) groups is 1. The van der Waals surface area contributed by atoms with E-state index in [1.54, 1.807) is 11.8 Å². The third-order valence-electron chi connectivity index (χ3n) is 3.19. The maximum atomic E-state index is 5.78. The minimum absolute atomic E-state index is 0.667. The predicted octanol–water partition coefficient (Wildman–Crippen LogP) is 3.44. The van der Waals surface area contributed by atoms with E-state index < -0.39 is 0 Å². The Morgan fingerprint density at radius 3 is 2.94 bits per heavy atom. The van der Waals surface area contributed by atoms with E-state index in [1.165, 1.54) is 43.6 Å². The van der Waals surface area contributed by atoms with Crippen molar-refractivity contribution in [1.82, 2.24) is 4.37 Å². The molecule has 3 nitrogen and oxygen atoms in total. The number of hydrogen-bond donors (Lipinski definition) is 2. The predicted molar refractivity (Wildman–Crippen MR) is 73.4 cm³/mol.